The average Bonchev–Trinajstić information content (AvgIpc) is 2.48. The van der Waals surface area contributed by atoms with E-state index in [1.807, 2.05) is 0 Å². The van der Waals surface area contributed by atoms with E-state index in [2.05, 4.69) is 20.7 Å². The highest BCUT2D eigenvalue weighted by Crippen LogP contribution is 2.21. The SMILES string of the molecule is CN(Cc1ccc(OC(F)F)cc1)S(=O)(=O)c1cccc(Br)c1. The molecule has 0 atom stereocenters. The van der Waals surface area contributed by atoms with E-state index >= 15 is 0 Å². The summed E-state index contributed by atoms with van der Waals surface area (Å²) in [5.41, 5.74) is 0.660. The van der Waals surface area contributed by atoms with Crippen LogP contribution in [0.2, 0.25) is 0 Å². The molecule has 8 heteroatoms. The monoisotopic (exact) mass is 405 g/mol. The molecule has 2 rings (SSSR count). The van der Waals surface area contributed by atoms with Gasteiger partial charge in [-0.3, -0.25) is 0 Å². The van der Waals surface area contributed by atoms with Gasteiger partial charge in [-0.05, 0) is 35.9 Å². The summed E-state index contributed by atoms with van der Waals surface area (Å²) in [5.74, 6) is 0.0289. The van der Waals surface area contributed by atoms with Crippen LogP contribution in [0.25, 0.3) is 0 Å². The summed E-state index contributed by atoms with van der Waals surface area (Å²) in [4.78, 5) is 0.173. The van der Waals surface area contributed by atoms with E-state index in [0.29, 0.717) is 10.0 Å². The van der Waals surface area contributed by atoms with Gasteiger partial charge in [-0.25, -0.2) is 8.42 Å². The number of hydrogen-bond donors (Lipinski definition) is 0. The maximum Gasteiger partial charge on any atom is 0.387 e. The summed E-state index contributed by atoms with van der Waals surface area (Å²) < 4.78 is 55.3. The molecule has 0 N–H and O–H groups in total. The number of nitrogens with zero attached hydrogens (tertiary/aromatic N) is 1. The highest BCUT2D eigenvalue weighted by molar-refractivity contribution is 9.10. The fraction of sp³-hybridized carbons (Fsp3) is 0.200. The van der Waals surface area contributed by atoms with Crippen LogP contribution in [0.5, 0.6) is 5.75 Å². The Morgan fingerprint density at radius 1 is 1.17 bits per heavy atom. The van der Waals surface area contributed by atoms with E-state index in [1.54, 1.807) is 24.3 Å². The van der Waals surface area contributed by atoms with Gasteiger partial charge >= 0.3 is 6.61 Å². The summed E-state index contributed by atoms with van der Waals surface area (Å²) >= 11 is 3.24. The Morgan fingerprint density at radius 2 is 1.83 bits per heavy atom. The van der Waals surface area contributed by atoms with Crippen molar-refractivity contribution in [3.8, 4) is 5.75 Å². The van der Waals surface area contributed by atoms with Gasteiger partial charge in [0.05, 0.1) is 4.90 Å². The van der Waals surface area contributed by atoms with Gasteiger partial charge in [0.15, 0.2) is 0 Å². The number of benzene rings is 2. The highest BCUT2D eigenvalue weighted by atomic mass is 79.9. The predicted molar refractivity (Wildman–Crippen MR) is 85.9 cm³/mol. The predicted octanol–water partition coefficient (Wildman–Crippen LogP) is 3.87. The van der Waals surface area contributed by atoms with Crippen molar-refractivity contribution in [2.24, 2.45) is 0 Å². The largest absolute Gasteiger partial charge is 0.435 e. The van der Waals surface area contributed by atoms with Crippen LogP contribution >= 0.6 is 15.9 Å². The molecule has 0 radical (unpaired) electrons. The second-order valence-electron chi connectivity index (χ2n) is 4.74. The lowest BCUT2D eigenvalue weighted by Crippen LogP contribution is -2.26. The van der Waals surface area contributed by atoms with Crippen LogP contribution in [0.3, 0.4) is 0 Å². The smallest absolute Gasteiger partial charge is 0.387 e. The zero-order valence-corrected chi connectivity index (χ0v) is 14.5. The molecule has 0 unspecified atom stereocenters. The van der Waals surface area contributed by atoms with Crippen molar-refractivity contribution >= 4 is 26.0 Å². The first-order chi connectivity index (χ1) is 10.8. The minimum atomic E-state index is -3.64. The van der Waals surface area contributed by atoms with Crippen LogP contribution in [0.15, 0.2) is 57.9 Å². The third-order valence-corrected chi connectivity index (χ3v) is 5.35. The molecule has 0 saturated heterocycles. The Hall–Kier alpha value is -1.51. The quantitative estimate of drug-likeness (QED) is 0.732. The minimum Gasteiger partial charge on any atom is -0.435 e. The van der Waals surface area contributed by atoms with E-state index in [1.165, 1.54) is 35.6 Å². The van der Waals surface area contributed by atoms with Crippen LogP contribution < -0.4 is 4.74 Å². The standard InChI is InChI=1S/C15H14BrF2NO3S/c1-19(23(20,21)14-4-2-3-12(16)9-14)10-11-5-7-13(8-6-11)22-15(17)18/h2-9,15H,10H2,1H3. The number of ether oxygens (including phenoxy) is 1. The molecule has 0 spiro atoms. The van der Waals surface area contributed by atoms with Crippen molar-refractivity contribution in [3.63, 3.8) is 0 Å². The highest BCUT2D eigenvalue weighted by Gasteiger charge is 2.21. The molecule has 2 aromatic carbocycles. The Morgan fingerprint density at radius 3 is 2.39 bits per heavy atom. The van der Waals surface area contributed by atoms with Crippen LogP contribution in [0.4, 0.5) is 8.78 Å². The Bertz CT molecular complexity index is 767. The molecule has 0 aromatic heterocycles. The summed E-state index contributed by atoms with van der Waals surface area (Å²) in [6.45, 7) is -2.77. The van der Waals surface area contributed by atoms with Gasteiger partial charge in [0.25, 0.3) is 0 Å². The van der Waals surface area contributed by atoms with E-state index in [0.717, 1.165) is 0 Å². The summed E-state index contributed by atoms with van der Waals surface area (Å²) in [6.07, 6.45) is 0. The zero-order chi connectivity index (χ0) is 17.0. The second kappa shape index (κ2) is 7.37. The lowest BCUT2D eigenvalue weighted by molar-refractivity contribution is -0.0498. The molecule has 0 heterocycles. The van der Waals surface area contributed by atoms with Gasteiger partial charge < -0.3 is 4.74 Å². The molecule has 23 heavy (non-hydrogen) atoms. The van der Waals surface area contributed by atoms with Crippen molar-refractivity contribution < 1.29 is 21.9 Å². The molecule has 0 fully saturated rings. The average molecular weight is 406 g/mol. The lowest BCUT2D eigenvalue weighted by atomic mass is 10.2. The zero-order valence-electron chi connectivity index (χ0n) is 12.1. The molecule has 0 bridgehead atoms. The van der Waals surface area contributed by atoms with Crippen LogP contribution in [-0.4, -0.2) is 26.4 Å². The number of hydrogen-bond acceptors (Lipinski definition) is 3. The van der Waals surface area contributed by atoms with E-state index in [4.69, 9.17) is 0 Å². The molecule has 4 nitrogen and oxygen atoms in total. The van der Waals surface area contributed by atoms with Crippen molar-refractivity contribution in [3.05, 3.63) is 58.6 Å². The number of halogens is 3. The van der Waals surface area contributed by atoms with Gasteiger partial charge in [0, 0.05) is 18.1 Å². The van der Waals surface area contributed by atoms with Gasteiger partial charge in [-0.2, -0.15) is 13.1 Å². The molecular formula is C15H14BrF2NO3S. The fourth-order valence-corrected chi connectivity index (χ4v) is 3.68. The van der Waals surface area contributed by atoms with Crippen molar-refractivity contribution in [2.45, 2.75) is 18.1 Å². The third-order valence-electron chi connectivity index (χ3n) is 3.06. The second-order valence-corrected chi connectivity index (χ2v) is 7.70. The molecule has 2 aromatic rings. The number of sulfonamides is 1. The summed E-state index contributed by atoms with van der Waals surface area (Å²) in [5, 5.41) is 0. The Balaban J connectivity index is 2.13. The molecule has 0 aliphatic carbocycles. The third kappa shape index (κ3) is 4.73. The maximum absolute atomic E-state index is 12.5. The first kappa shape index (κ1) is 17.8. The molecule has 124 valence electrons. The van der Waals surface area contributed by atoms with E-state index in [9.17, 15) is 17.2 Å². The molecule has 0 aliphatic rings. The van der Waals surface area contributed by atoms with Gasteiger partial charge in [0.1, 0.15) is 5.75 Å². The van der Waals surface area contributed by atoms with Gasteiger partial charge in [0.2, 0.25) is 10.0 Å². The topological polar surface area (TPSA) is 46.6 Å². The number of alkyl halides is 2. The van der Waals surface area contributed by atoms with Crippen molar-refractivity contribution in [1.82, 2.24) is 4.31 Å². The minimum absolute atomic E-state index is 0.0289. The summed E-state index contributed by atoms with van der Waals surface area (Å²) in [6, 6.07) is 12.3. The summed E-state index contributed by atoms with van der Waals surface area (Å²) in [7, 11) is -2.18. The van der Waals surface area contributed by atoms with Crippen LogP contribution in [0, 0.1) is 0 Å². The molecular weight excluding hydrogens is 392 g/mol. The molecule has 0 amide bonds. The molecule has 0 aliphatic heterocycles. The van der Waals surface area contributed by atoms with E-state index in [-0.39, 0.29) is 17.2 Å². The fourth-order valence-electron chi connectivity index (χ4n) is 1.93. The Kier molecular flexibility index (Phi) is 5.72. The van der Waals surface area contributed by atoms with E-state index < -0.39 is 16.6 Å². The lowest BCUT2D eigenvalue weighted by Gasteiger charge is -2.17. The van der Waals surface area contributed by atoms with Crippen LogP contribution in [-0.2, 0) is 16.6 Å². The van der Waals surface area contributed by atoms with Crippen molar-refractivity contribution in [2.75, 3.05) is 7.05 Å². The maximum atomic E-state index is 12.5. The van der Waals surface area contributed by atoms with Gasteiger partial charge in [-0.15, -0.1) is 0 Å². The number of rotatable bonds is 6. The normalized spacial score (nSPS) is 11.9. The van der Waals surface area contributed by atoms with Gasteiger partial charge in [-0.1, -0.05) is 34.1 Å². The first-order valence-electron chi connectivity index (χ1n) is 6.55. The Labute approximate surface area is 141 Å². The first-order valence-corrected chi connectivity index (χ1v) is 8.78. The molecule has 0 saturated carbocycles. The van der Waals surface area contributed by atoms with Crippen LogP contribution in [0.1, 0.15) is 5.56 Å². The van der Waals surface area contributed by atoms with Crippen molar-refractivity contribution in [1.29, 1.82) is 0 Å².